The lowest BCUT2D eigenvalue weighted by molar-refractivity contribution is -0.120. The fraction of sp³-hybridized carbons (Fsp3) is 0.103. The van der Waals surface area contributed by atoms with Crippen LogP contribution < -0.4 is 14.8 Å². The van der Waals surface area contributed by atoms with Gasteiger partial charge in [0.15, 0.2) is 0 Å². The van der Waals surface area contributed by atoms with Crippen LogP contribution >= 0.6 is 0 Å². The molecule has 1 atom stereocenters. The van der Waals surface area contributed by atoms with Gasteiger partial charge in [-0.2, -0.15) is 5.26 Å². The van der Waals surface area contributed by atoms with Crippen molar-refractivity contribution < 1.29 is 14.3 Å². The number of nitriles is 1. The number of benzene rings is 4. The zero-order valence-corrected chi connectivity index (χ0v) is 18.6. The van der Waals surface area contributed by atoms with Crippen molar-refractivity contribution in [1.29, 1.82) is 5.26 Å². The standard InChI is InChI=1S/C29H22N2O3/c1-33-22-14-11-21(12-15-22)27-24(18-30)29(31-26(32)17-19-7-3-2-4-8-19)34-25-16-13-20-9-5-6-10-23(20)28(25)27/h2-16,27H,17H2,1H3,(H,31,32). The van der Waals surface area contributed by atoms with E-state index in [9.17, 15) is 10.1 Å². The third-order valence-electron chi connectivity index (χ3n) is 5.99. The highest BCUT2D eigenvalue weighted by molar-refractivity contribution is 5.90. The maximum atomic E-state index is 12.8. The van der Waals surface area contributed by atoms with Crippen molar-refractivity contribution in [2.24, 2.45) is 0 Å². The van der Waals surface area contributed by atoms with Gasteiger partial charge >= 0.3 is 0 Å². The summed E-state index contributed by atoms with van der Waals surface area (Å²) >= 11 is 0. The lowest BCUT2D eigenvalue weighted by Gasteiger charge is -2.29. The van der Waals surface area contributed by atoms with Gasteiger partial charge in [-0.05, 0) is 40.1 Å². The van der Waals surface area contributed by atoms with Gasteiger partial charge in [0.25, 0.3) is 0 Å². The second-order valence-electron chi connectivity index (χ2n) is 8.07. The van der Waals surface area contributed by atoms with E-state index in [2.05, 4.69) is 11.4 Å². The molecule has 166 valence electrons. The van der Waals surface area contributed by atoms with E-state index in [-0.39, 0.29) is 18.2 Å². The number of methoxy groups -OCH3 is 1. The Kier molecular flexibility index (Phi) is 5.72. The Labute approximate surface area is 197 Å². The van der Waals surface area contributed by atoms with E-state index in [1.807, 2.05) is 91.0 Å². The van der Waals surface area contributed by atoms with E-state index in [0.29, 0.717) is 11.3 Å². The van der Waals surface area contributed by atoms with Gasteiger partial charge in [0.05, 0.1) is 19.4 Å². The van der Waals surface area contributed by atoms with Gasteiger partial charge < -0.3 is 9.47 Å². The smallest absolute Gasteiger partial charge is 0.231 e. The monoisotopic (exact) mass is 446 g/mol. The number of ether oxygens (including phenoxy) is 2. The lowest BCUT2D eigenvalue weighted by Crippen LogP contribution is -2.32. The first-order valence-corrected chi connectivity index (χ1v) is 11.0. The van der Waals surface area contributed by atoms with Crippen LogP contribution in [0.5, 0.6) is 11.5 Å². The molecule has 0 bridgehead atoms. The minimum Gasteiger partial charge on any atom is -0.497 e. The van der Waals surface area contributed by atoms with E-state index in [4.69, 9.17) is 9.47 Å². The van der Waals surface area contributed by atoms with Gasteiger partial charge in [-0.3, -0.25) is 10.1 Å². The number of rotatable bonds is 5. The molecule has 1 heterocycles. The lowest BCUT2D eigenvalue weighted by atomic mass is 9.81. The number of allylic oxidation sites excluding steroid dienone is 1. The molecule has 0 aliphatic carbocycles. The molecule has 34 heavy (non-hydrogen) atoms. The first-order chi connectivity index (χ1) is 16.7. The van der Waals surface area contributed by atoms with Crippen LogP contribution in [0.4, 0.5) is 0 Å². The second kappa shape index (κ2) is 9.13. The molecule has 1 N–H and O–H groups in total. The van der Waals surface area contributed by atoms with Gasteiger partial charge in [-0.1, -0.05) is 72.8 Å². The Hall–Kier alpha value is -4.56. The van der Waals surface area contributed by atoms with Gasteiger partial charge in [0.1, 0.15) is 23.1 Å². The highest BCUT2D eigenvalue weighted by Crippen LogP contribution is 2.46. The molecule has 5 heteroatoms. The number of fused-ring (bicyclic) bond motifs is 3. The molecule has 1 aliphatic rings. The molecular weight excluding hydrogens is 424 g/mol. The van der Waals surface area contributed by atoms with Crippen LogP contribution in [0.25, 0.3) is 10.8 Å². The fourth-order valence-corrected chi connectivity index (χ4v) is 4.39. The quantitative estimate of drug-likeness (QED) is 0.441. The Bertz CT molecular complexity index is 1430. The number of hydrogen-bond donors (Lipinski definition) is 1. The summed E-state index contributed by atoms with van der Waals surface area (Å²) in [5, 5.41) is 15.1. The van der Waals surface area contributed by atoms with E-state index in [1.165, 1.54) is 0 Å². The molecule has 0 radical (unpaired) electrons. The molecule has 1 aliphatic heterocycles. The summed E-state index contributed by atoms with van der Waals surface area (Å²) in [6.07, 6.45) is 0.185. The third-order valence-corrected chi connectivity index (χ3v) is 5.99. The average molecular weight is 447 g/mol. The maximum absolute atomic E-state index is 12.8. The number of carbonyl (C=O) groups is 1. The molecule has 4 aromatic carbocycles. The Morgan fingerprint density at radius 2 is 1.71 bits per heavy atom. The maximum Gasteiger partial charge on any atom is 0.231 e. The predicted octanol–water partition coefficient (Wildman–Crippen LogP) is 5.47. The number of hydrogen-bond acceptors (Lipinski definition) is 4. The van der Waals surface area contributed by atoms with Crippen molar-refractivity contribution in [2.45, 2.75) is 12.3 Å². The number of carbonyl (C=O) groups excluding carboxylic acids is 1. The molecule has 0 fully saturated rings. The Balaban J connectivity index is 1.61. The van der Waals surface area contributed by atoms with Crippen LogP contribution in [-0.2, 0) is 11.2 Å². The second-order valence-corrected chi connectivity index (χ2v) is 8.07. The van der Waals surface area contributed by atoms with Crippen LogP contribution in [0.15, 0.2) is 102 Å². The highest BCUT2D eigenvalue weighted by Gasteiger charge is 2.33. The first kappa shape index (κ1) is 21.3. The van der Waals surface area contributed by atoms with E-state index >= 15 is 0 Å². The minimum absolute atomic E-state index is 0.173. The molecule has 4 aromatic rings. The molecule has 5 nitrogen and oxygen atoms in total. The summed E-state index contributed by atoms with van der Waals surface area (Å²) in [5.74, 6) is 0.873. The largest absolute Gasteiger partial charge is 0.497 e. The van der Waals surface area contributed by atoms with Crippen LogP contribution in [0.1, 0.15) is 22.6 Å². The van der Waals surface area contributed by atoms with Crippen LogP contribution in [-0.4, -0.2) is 13.0 Å². The summed E-state index contributed by atoms with van der Waals surface area (Å²) in [6.45, 7) is 0. The summed E-state index contributed by atoms with van der Waals surface area (Å²) in [5.41, 5.74) is 3.05. The van der Waals surface area contributed by atoms with Crippen molar-refractivity contribution >= 4 is 16.7 Å². The van der Waals surface area contributed by atoms with E-state index in [1.54, 1.807) is 7.11 Å². The summed E-state index contributed by atoms with van der Waals surface area (Å²) in [6, 6.07) is 31.3. The molecule has 5 rings (SSSR count). The normalized spacial score (nSPS) is 14.6. The van der Waals surface area contributed by atoms with Gasteiger partial charge in [0, 0.05) is 5.56 Å². The zero-order valence-electron chi connectivity index (χ0n) is 18.6. The van der Waals surface area contributed by atoms with Gasteiger partial charge in [-0.15, -0.1) is 0 Å². The molecule has 0 aromatic heterocycles. The van der Waals surface area contributed by atoms with Gasteiger partial charge in [0.2, 0.25) is 11.8 Å². The zero-order chi connectivity index (χ0) is 23.5. The predicted molar refractivity (Wildman–Crippen MR) is 130 cm³/mol. The van der Waals surface area contributed by atoms with E-state index < -0.39 is 5.92 Å². The first-order valence-electron chi connectivity index (χ1n) is 11.0. The number of nitrogens with one attached hydrogen (secondary N) is 1. The third kappa shape index (κ3) is 3.98. The van der Waals surface area contributed by atoms with Crippen molar-refractivity contribution in [3.05, 3.63) is 119 Å². The molecule has 0 spiro atoms. The number of nitrogens with zero attached hydrogens (tertiary/aromatic N) is 1. The number of amides is 1. The minimum atomic E-state index is -0.405. The SMILES string of the molecule is COc1ccc(C2C(C#N)=C(NC(=O)Cc3ccccc3)Oc3ccc4ccccc4c32)cc1. The molecule has 1 unspecified atom stereocenters. The van der Waals surface area contributed by atoms with Crippen molar-refractivity contribution in [3.63, 3.8) is 0 Å². The molecule has 0 saturated heterocycles. The topological polar surface area (TPSA) is 71.3 Å². The van der Waals surface area contributed by atoms with E-state index in [0.717, 1.165) is 33.2 Å². The van der Waals surface area contributed by atoms with Crippen LogP contribution in [0, 0.1) is 11.3 Å². The highest BCUT2D eigenvalue weighted by atomic mass is 16.5. The summed E-state index contributed by atoms with van der Waals surface area (Å²) in [4.78, 5) is 12.8. The van der Waals surface area contributed by atoms with Crippen LogP contribution in [0.3, 0.4) is 0 Å². The molecule has 0 saturated carbocycles. The molecule has 1 amide bonds. The Morgan fingerprint density at radius 1 is 0.971 bits per heavy atom. The van der Waals surface area contributed by atoms with Crippen LogP contribution in [0.2, 0.25) is 0 Å². The van der Waals surface area contributed by atoms with Crippen molar-refractivity contribution in [3.8, 4) is 17.6 Å². The summed E-state index contributed by atoms with van der Waals surface area (Å²) in [7, 11) is 1.62. The average Bonchev–Trinajstić information content (AvgIpc) is 2.88. The summed E-state index contributed by atoms with van der Waals surface area (Å²) < 4.78 is 11.5. The van der Waals surface area contributed by atoms with Gasteiger partial charge in [-0.25, -0.2) is 0 Å². The Morgan fingerprint density at radius 3 is 2.44 bits per heavy atom. The molecular formula is C29H22N2O3. The van der Waals surface area contributed by atoms with Crippen molar-refractivity contribution in [2.75, 3.05) is 7.11 Å². The fourth-order valence-electron chi connectivity index (χ4n) is 4.39. The van der Waals surface area contributed by atoms with Crippen molar-refractivity contribution in [1.82, 2.24) is 5.32 Å².